The standard InChI is InChI=1S/C16H18N2O2S/c1-16(20,13-6-4-3-5-7-13)11-18-15(19)12-8-9-17-14(10-12)21-2/h3-10,20H,11H2,1-2H3,(H,18,19). The van der Waals surface area contributed by atoms with Crippen LogP contribution in [0.2, 0.25) is 0 Å². The van der Waals surface area contributed by atoms with Crippen molar-refractivity contribution in [1.82, 2.24) is 10.3 Å². The Morgan fingerprint density at radius 3 is 2.71 bits per heavy atom. The summed E-state index contributed by atoms with van der Waals surface area (Å²) in [5.41, 5.74) is 0.203. The average molecular weight is 302 g/mol. The molecule has 2 rings (SSSR count). The number of carbonyl (C=O) groups is 1. The van der Waals surface area contributed by atoms with E-state index in [1.807, 2.05) is 36.6 Å². The van der Waals surface area contributed by atoms with Crippen molar-refractivity contribution < 1.29 is 9.90 Å². The number of thioether (sulfide) groups is 1. The second-order valence-electron chi connectivity index (χ2n) is 4.91. The Labute approximate surface area is 128 Å². The molecule has 0 saturated carbocycles. The third-order valence-electron chi connectivity index (χ3n) is 3.20. The third-order valence-corrected chi connectivity index (χ3v) is 3.84. The fourth-order valence-corrected chi connectivity index (χ4v) is 2.33. The summed E-state index contributed by atoms with van der Waals surface area (Å²) >= 11 is 1.48. The van der Waals surface area contributed by atoms with Crippen molar-refractivity contribution in [2.75, 3.05) is 12.8 Å². The van der Waals surface area contributed by atoms with Gasteiger partial charge in [-0.2, -0.15) is 0 Å². The summed E-state index contributed by atoms with van der Waals surface area (Å²) in [5.74, 6) is -0.219. The SMILES string of the molecule is CSc1cc(C(=O)NCC(C)(O)c2ccccc2)ccn1. The van der Waals surface area contributed by atoms with E-state index in [-0.39, 0.29) is 12.5 Å². The molecule has 0 radical (unpaired) electrons. The van der Waals surface area contributed by atoms with Crippen molar-refractivity contribution in [3.8, 4) is 0 Å². The van der Waals surface area contributed by atoms with Gasteiger partial charge in [0.1, 0.15) is 5.60 Å². The number of aliphatic hydroxyl groups is 1. The molecule has 1 atom stereocenters. The monoisotopic (exact) mass is 302 g/mol. The molecule has 2 aromatic rings. The van der Waals surface area contributed by atoms with Crippen molar-refractivity contribution in [3.63, 3.8) is 0 Å². The third kappa shape index (κ3) is 4.06. The molecule has 1 aromatic heterocycles. The summed E-state index contributed by atoms with van der Waals surface area (Å²) in [6.45, 7) is 1.83. The van der Waals surface area contributed by atoms with E-state index >= 15 is 0 Å². The maximum absolute atomic E-state index is 12.1. The molecule has 0 saturated heterocycles. The summed E-state index contributed by atoms with van der Waals surface area (Å²) in [7, 11) is 0. The Bertz CT molecular complexity index is 615. The lowest BCUT2D eigenvalue weighted by Gasteiger charge is -2.24. The number of nitrogens with zero attached hydrogens (tertiary/aromatic N) is 1. The van der Waals surface area contributed by atoms with E-state index in [4.69, 9.17) is 0 Å². The molecule has 110 valence electrons. The van der Waals surface area contributed by atoms with Gasteiger partial charge in [0.15, 0.2) is 0 Å². The van der Waals surface area contributed by atoms with Crippen LogP contribution in [0.5, 0.6) is 0 Å². The van der Waals surface area contributed by atoms with Crippen LogP contribution in [0, 0.1) is 0 Å². The van der Waals surface area contributed by atoms with Gasteiger partial charge in [-0.3, -0.25) is 4.79 Å². The fourth-order valence-electron chi connectivity index (χ4n) is 1.92. The molecule has 1 unspecified atom stereocenters. The number of aromatic nitrogens is 1. The predicted octanol–water partition coefficient (Wildman–Crippen LogP) is 2.44. The van der Waals surface area contributed by atoms with Crippen LogP contribution in [0.1, 0.15) is 22.8 Å². The van der Waals surface area contributed by atoms with Gasteiger partial charge in [-0.05, 0) is 30.9 Å². The van der Waals surface area contributed by atoms with Gasteiger partial charge in [-0.1, -0.05) is 30.3 Å². The molecule has 0 aliphatic rings. The summed E-state index contributed by atoms with van der Waals surface area (Å²) < 4.78 is 0. The molecular weight excluding hydrogens is 284 g/mol. The van der Waals surface area contributed by atoms with Gasteiger partial charge in [0.25, 0.3) is 5.91 Å². The zero-order valence-corrected chi connectivity index (χ0v) is 12.9. The minimum atomic E-state index is -1.10. The second-order valence-corrected chi connectivity index (χ2v) is 5.74. The second kappa shape index (κ2) is 6.74. The molecule has 0 aliphatic heterocycles. The van der Waals surface area contributed by atoms with Crippen molar-refractivity contribution in [2.24, 2.45) is 0 Å². The van der Waals surface area contributed by atoms with Crippen LogP contribution < -0.4 is 5.32 Å². The molecule has 1 heterocycles. The first-order valence-corrected chi connectivity index (χ1v) is 7.81. The van der Waals surface area contributed by atoms with Gasteiger partial charge in [0.2, 0.25) is 0 Å². The lowest BCUT2D eigenvalue weighted by molar-refractivity contribution is 0.0526. The topological polar surface area (TPSA) is 62.2 Å². The quantitative estimate of drug-likeness (QED) is 0.833. The van der Waals surface area contributed by atoms with E-state index in [0.29, 0.717) is 5.56 Å². The summed E-state index contributed by atoms with van der Waals surface area (Å²) in [5, 5.41) is 14.0. The smallest absolute Gasteiger partial charge is 0.251 e. The lowest BCUT2D eigenvalue weighted by atomic mass is 9.96. The number of pyridine rings is 1. The van der Waals surface area contributed by atoms with Crippen LogP contribution in [-0.2, 0) is 5.60 Å². The van der Waals surface area contributed by atoms with Crippen LogP contribution in [0.15, 0.2) is 53.7 Å². The molecule has 0 bridgehead atoms. The minimum absolute atomic E-state index is 0.146. The van der Waals surface area contributed by atoms with Gasteiger partial charge < -0.3 is 10.4 Å². The van der Waals surface area contributed by atoms with E-state index in [2.05, 4.69) is 10.3 Å². The molecule has 21 heavy (non-hydrogen) atoms. The first kappa shape index (κ1) is 15.5. The zero-order valence-electron chi connectivity index (χ0n) is 12.0. The summed E-state index contributed by atoms with van der Waals surface area (Å²) in [6, 6.07) is 12.7. The van der Waals surface area contributed by atoms with Gasteiger partial charge in [-0.15, -0.1) is 11.8 Å². The first-order valence-electron chi connectivity index (χ1n) is 6.59. The molecule has 1 aromatic carbocycles. The number of nitrogens with one attached hydrogen (secondary N) is 1. The molecule has 2 N–H and O–H groups in total. The maximum Gasteiger partial charge on any atom is 0.251 e. The van der Waals surface area contributed by atoms with Gasteiger partial charge in [0.05, 0.1) is 11.6 Å². The number of rotatable bonds is 5. The highest BCUT2D eigenvalue weighted by atomic mass is 32.2. The molecule has 0 fully saturated rings. The van der Waals surface area contributed by atoms with Crippen LogP contribution in [-0.4, -0.2) is 28.8 Å². The number of carbonyl (C=O) groups excluding carboxylic acids is 1. The Balaban J connectivity index is 2.03. The number of hydrogen-bond acceptors (Lipinski definition) is 4. The summed E-state index contributed by atoms with van der Waals surface area (Å²) in [6.07, 6.45) is 3.51. The van der Waals surface area contributed by atoms with Crippen LogP contribution >= 0.6 is 11.8 Å². The number of amides is 1. The number of benzene rings is 1. The van der Waals surface area contributed by atoms with E-state index < -0.39 is 5.60 Å². The van der Waals surface area contributed by atoms with E-state index in [1.54, 1.807) is 25.3 Å². The lowest BCUT2D eigenvalue weighted by Crippen LogP contribution is -2.38. The Hall–Kier alpha value is -1.85. The van der Waals surface area contributed by atoms with Crippen LogP contribution in [0.4, 0.5) is 0 Å². The normalized spacial score (nSPS) is 13.5. The van der Waals surface area contributed by atoms with Crippen LogP contribution in [0.25, 0.3) is 0 Å². The van der Waals surface area contributed by atoms with Crippen LogP contribution in [0.3, 0.4) is 0 Å². The molecule has 5 heteroatoms. The number of hydrogen-bond donors (Lipinski definition) is 2. The van der Waals surface area contributed by atoms with Crippen molar-refractivity contribution >= 4 is 17.7 Å². The molecular formula is C16H18N2O2S. The average Bonchev–Trinajstić information content (AvgIpc) is 2.53. The Kier molecular flexibility index (Phi) is 4.98. The molecule has 0 aliphatic carbocycles. The summed E-state index contributed by atoms with van der Waals surface area (Å²) in [4.78, 5) is 16.3. The largest absolute Gasteiger partial charge is 0.384 e. The maximum atomic E-state index is 12.1. The van der Waals surface area contributed by atoms with Crippen molar-refractivity contribution in [1.29, 1.82) is 0 Å². The van der Waals surface area contributed by atoms with Gasteiger partial charge in [-0.25, -0.2) is 4.98 Å². The van der Waals surface area contributed by atoms with Gasteiger partial charge in [0, 0.05) is 11.8 Å². The highest BCUT2D eigenvalue weighted by Gasteiger charge is 2.23. The highest BCUT2D eigenvalue weighted by Crippen LogP contribution is 2.19. The van der Waals surface area contributed by atoms with E-state index in [0.717, 1.165) is 10.6 Å². The fraction of sp³-hybridized carbons (Fsp3) is 0.250. The molecule has 0 spiro atoms. The Morgan fingerprint density at radius 1 is 1.33 bits per heavy atom. The highest BCUT2D eigenvalue weighted by molar-refractivity contribution is 7.98. The van der Waals surface area contributed by atoms with E-state index in [9.17, 15) is 9.90 Å². The van der Waals surface area contributed by atoms with Gasteiger partial charge >= 0.3 is 0 Å². The Morgan fingerprint density at radius 2 is 2.05 bits per heavy atom. The molecule has 4 nitrogen and oxygen atoms in total. The first-order chi connectivity index (χ1) is 10.0. The molecule has 1 amide bonds. The van der Waals surface area contributed by atoms with E-state index in [1.165, 1.54) is 11.8 Å². The minimum Gasteiger partial charge on any atom is -0.384 e. The van der Waals surface area contributed by atoms with Crippen molar-refractivity contribution in [2.45, 2.75) is 17.6 Å². The van der Waals surface area contributed by atoms with Crippen molar-refractivity contribution in [3.05, 3.63) is 59.8 Å². The zero-order chi connectivity index (χ0) is 15.3. The predicted molar refractivity (Wildman–Crippen MR) is 84.4 cm³/mol.